The van der Waals surface area contributed by atoms with Crippen LogP contribution in [0.25, 0.3) is 0 Å². The second-order valence-corrected chi connectivity index (χ2v) is 5.58. The molecular weight excluding hydrogens is 268 g/mol. The van der Waals surface area contributed by atoms with Gasteiger partial charge in [-0.3, -0.25) is 0 Å². The summed E-state index contributed by atoms with van der Waals surface area (Å²) in [5.74, 6) is -0.506. The van der Waals surface area contributed by atoms with Gasteiger partial charge >= 0.3 is 5.97 Å². The first-order valence-corrected chi connectivity index (χ1v) is 6.41. The number of esters is 1. The average molecular weight is 287 g/mol. The number of carbonyl (C=O) groups is 1. The summed E-state index contributed by atoms with van der Waals surface area (Å²) in [7, 11) is 0. The smallest absolute Gasteiger partial charge is 0.338 e. The van der Waals surface area contributed by atoms with E-state index >= 15 is 0 Å². The number of benzene rings is 1. The molecule has 0 amide bonds. The molecule has 0 spiro atoms. The Labute approximate surface area is 118 Å². The zero-order valence-corrected chi connectivity index (χ0v) is 12.1. The molecule has 1 aromatic carbocycles. The lowest BCUT2D eigenvalue weighted by atomic mass is 10.2. The van der Waals surface area contributed by atoms with Crippen molar-refractivity contribution < 1.29 is 19.4 Å². The molecule has 0 saturated carbocycles. The van der Waals surface area contributed by atoms with E-state index in [1.165, 1.54) is 0 Å². The Morgan fingerprint density at radius 1 is 1.32 bits per heavy atom. The van der Waals surface area contributed by atoms with Crippen molar-refractivity contribution in [2.75, 3.05) is 13.2 Å². The van der Waals surface area contributed by atoms with Crippen molar-refractivity contribution >= 4 is 17.6 Å². The third-order valence-corrected chi connectivity index (χ3v) is 2.51. The number of aliphatic hydroxyl groups excluding tert-OH is 1. The summed E-state index contributed by atoms with van der Waals surface area (Å²) in [6.45, 7) is 5.54. The summed E-state index contributed by atoms with van der Waals surface area (Å²) >= 11 is 5.74. The topological polar surface area (TPSA) is 55.8 Å². The highest BCUT2D eigenvalue weighted by atomic mass is 35.5. The normalized spacial score (nSPS) is 13.1. The fourth-order valence-electron chi connectivity index (χ4n) is 1.27. The van der Waals surface area contributed by atoms with Gasteiger partial charge < -0.3 is 14.6 Å². The molecule has 1 N–H and O–H groups in total. The maximum Gasteiger partial charge on any atom is 0.338 e. The van der Waals surface area contributed by atoms with Crippen LogP contribution in [-0.4, -0.2) is 36.0 Å². The number of aliphatic hydroxyl groups is 1. The molecule has 19 heavy (non-hydrogen) atoms. The Morgan fingerprint density at radius 3 is 2.37 bits per heavy atom. The maximum absolute atomic E-state index is 11.8. The minimum atomic E-state index is -0.678. The fourth-order valence-corrected chi connectivity index (χ4v) is 1.40. The molecule has 1 aromatic rings. The number of ether oxygens (including phenoxy) is 2. The van der Waals surface area contributed by atoms with Crippen LogP contribution >= 0.6 is 11.6 Å². The van der Waals surface area contributed by atoms with Gasteiger partial charge in [0, 0.05) is 5.02 Å². The molecule has 0 aliphatic rings. The van der Waals surface area contributed by atoms with E-state index in [0.29, 0.717) is 10.6 Å². The van der Waals surface area contributed by atoms with E-state index in [0.717, 1.165) is 0 Å². The van der Waals surface area contributed by atoms with Gasteiger partial charge in [-0.2, -0.15) is 0 Å². The van der Waals surface area contributed by atoms with Crippen LogP contribution in [0.15, 0.2) is 24.3 Å². The standard InChI is InChI=1S/C14H19ClO4/c1-14(2,3)18-9-12(8-16)19-13(17)10-4-6-11(15)7-5-10/h4-7,12,16H,8-9H2,1-3H3. The van der Waals surface area contributed by atoms with E-state index in [4.69, 9.17) is 21.1 Å². The first-order valence-electron chi connectivity index (χ1n) is 6.03. The first kappa shape index (κ1) is 16.0. The molecule has 0 saturated heterocycles. The van der Waals surface area contributed by atoms with Gasteiger partial charge in [0.25, 0.3) is 0 Å². The Morgan fingerprint density at radius 2 is 1.89 bits per heavy atom. The molecule has 5 heteroatoms. The monoisotopic (exact) mass is 286 g/mol. The molecule has 1 unspecified atom stereocenters. The predicted octanol–water partition coefficient (Wildman–Crippen LogP) is 2.67. The van der Waals surface area contributed by atoms with Crippen LogP contribution in [0.2, 0.25) is 5.02 Å². The summed E-state index contributed by atoms with van der Waals surface area (Å²) in [5.41, 5.74) is 0.0405. The second kappa shape index (κ2) is 6.89. The van der Waals surface area contributed by atoms with Crippen LogP contribution < -0.4 is 0 Å². The number of carbonyl (C=O) groups excluding carboxylic acids is 1. The zero-order valence-electron chi connectivity index (χ0n) is 11.4. The molecular formula is C14H19ClO4. The summed E-state index contributed by atoms with van der Waals surface area (Å²) in [6, 6.07) is 6.36. The van der Waals surface area contributed by atoms with Crippen LogP contribution in [-0.2, 0) is 9.47 Å². The van der Waals surface area contributed by atoms with E-state index in [2.05, 4.69) is 0 Å². The van der Waals surface area contributed by atoms with Gasteiger partial charge in [-0.1, -0.05) is 11.6 Å². The fraction of sp³-hybridized carbons (Fsp3) is 0.500. The highest BCUT2D eigenvalue weighted by Crippen LogP contribution is 2.12. The van der Waals surface area contributed by atoms with Gasteiger partial charge in [0.2, 0.25) is 0 Å². The highest BCUT2D eigenvalue weighted by molar-refractivity contribution is 6.30. The maximum atomic E-state index is 11.8. The van der Waals surface area contributed by atoms with Crippen LogP contribution in [0.3, 0.4) is 0 Å². The molecule has 106 valence electrons. The van der Waals surface area contributed by atoms with Crippen molar-refractivity contribution in [1.82, 2.24) is 0 Å². The Balaban J connectivity index is 2.55. The molecule has 0 aromatic heterocycles. The number of halogens is 1. The van der Waals surface area contributed by atoms with Crippen LogP contribution in [0, 0.1) is 0 Å². The third-order valence-electron chi connectivity index (χ3n) is 2.26. The largest absolute Gasteiger partial charge is 0.454 e. The van der Waals surface area contributed by atoms with Crippen molar-refractivity contribution in [3.8, 4) is 0 Å². The highest BCUT2D eigenvalue weighted by Gasteiger charge is 2.19. The van der Waals surface area contributed by atoms with Gasteiger partial charge in [-0.25, -0.2) is 4.79 Å². The first-order chi connectivity index (χ1) is 8.81. The molecule has 1 atom stereocenters. The molecule has 0 aliphatic carbocycles. The lowest BCUT2D eigenvalue weighted by Gasteiger charge is -2.23. The van der Waals surface area contributed by atoms with Crippen molar-refractivity contribution in [1.29, 1.82) is 0 Å². The number of hydrogen-bond acceptors (Lipinski definition) is 4. The van der Waals surface area contributed by atoms with Gasteiger partial charge in [0.15, 0.2) is 0 Å². The van der Waals surface area contributed by atoms with Crippen molar-refractivity contribution in [2.45, 2.75) is 32.5 Å². The number of rotatable bonds is 5. The summed E-state index contributed by atoms with van der Waals surface area (Å²) in [6.07, 6.45) is -0.678. The average Bonchev–Trinajstić information content (AvgIpc) is 2.34. The molecule has 1 rings (SSSR count). The lowest BCUT2D eigenvalue weighted by molar-refractivity contribution is -0.0704. The Hall–Kier alpha value is -1.10. The molecule has 0 fully saturated rings. The summed E-state index contributed by atoms with van der Waals surface area (Å²) in [4.78, 5) is 11.8. The quantitative estimate of drug-likeness (QED) is 0.846. The SMILES string of the molecule is CC(C)(C)OCC(CO)OC(=O)c1ccc(Cl)cc1. The molecule has 0 radical (unpaired) electrons. The molecule has 4 nitrogen and oxygen atoms in total. The minimum absolute atomic E-state index is 0.152. The van der Waals surface area contributed by atoms with E-state index < -0.39 is 12.1 Å². The van der Waals surface area contributed by atoms with E-state index in [1.807, 2.05) is 20.8 Å². The molecule has 0 heterocycles. The van der Waals surface area contributed by atoms with Gasteiger partial charge in [0.1, 0.15) is 6.10 Å². The van der Waals surface area contributed by atoms with E-state index in [9.17, 15) is 9.90 Å². The van der Waals surface area contributed by atoms with Gasteiger partial charge in [-0.15, -0.1) is 0 Å². The van der Waals surface area contributed by atoms with E-state index in [1.54, 1.807) is 24.3 Å². The third kappa shape index (κ3) is 6.05. The predicted molar refractivity (Wildman–Crippen MR) is 73.4 cm³/mol. The summed E-state index contributed by atoms with van der Waals surface area (Å²) in [5, 5.41) is 9.73. The lowest BCUT2D eigenvalue weighted by Crippen LogP contribution is -2.32. The van der Waals surface area contributed by atoms with Gasteiger partial charge in [-0.05, 0) is 45.0 Å². The Bertz CT molecular complexity index is 408. The second-order valence-electron chi connectivity index (χ2n) is 5.14. The van der Waals surface area contributed by atoms with E-state index in [-0.39, 0.29) is 18.8 Å². The Kier molecular flexibility index (Phi) is 5.79. The van der Waals surface area contributed by atoms with Crippen LogP contribution in [0.1, 0.15) is 31.1 Å². The van der Waals surface area contributed by atoms with Crippen molar-refractivity contribution in [2.24, 2.45) is 0 Å². The molecule has 0 bridgehead atoms. The van der Waals surface area contributed by atoms with Gasteiger partial charge in [0.05, 0.1) is 24.4 Å². The van der Waals surface area contributed by atoms with Crippen molar-refractivity contribution in [3.63, 3.8) is 0 Å². The number of hydrogen-bond donors (Lipinski definition) is 1. The summed E-state index contributed by atoms with van der Waals surface area (Å²) < 4.78 is 10.6. The minimum Gasteiger partial charge on any atom is -0.454 e. The molecule has 0 aliphatic heterocycles. The van der Waals surface area contributed by atoms with Crippen LogP contribution in [0.4, 0.5) is 0 Å². The zero-order chi connectivity index (χ0) is 14.5. The van der Waals surface area contributed by atoms with Crippen LogP contribution in [0.5, 0.6) is 0 Å². The van der Waals surface area contributed by atoms with Crippen molar-refractivity contribution in [3.05, 3.63) is 34.9 Å².